The van der Waals surface area contributed by atoms with Gasteiger partial charge in [-0.05, 0) is 51.1 Å². The van der Waals surface area contributed by atoms with Crippen molar-refractivity contribution in [2.24, 2.45) is 0 Å². The zero-order valence-corrected chi connectivity index (χ0v) is 15.5. The molecular formula is C19H17BrN2O3. The van der Waals surface area contributed by atoms with Crippen LogP contribution >= 0.6 is 15.9 Å². The lowest BCUT2D eigenvalue weighted by molar-refractivity contribution is 0.0945. The Kier molecular flexibility index (Phi) is 5.19. The van der Waals surface area contributed by atoms with Gasteiger partial charge in [0.15, 0.2) is 0 Å². The summed E-state index contributed by atoms with van der Waals surface area (Å²) in [5.41, 5.74) is 1.27. The second-order valence-corrected chi connectivity index (χ2v) is 6.24. The van der Waals surface area contributed by atoms with Crippen molar-refractivity contribution in [3.63, 3.8) is 0 Å². The molecule has 6 heteroatoms. The fourth-order valence-corrected chi connectivity index (χ4v) is 3.12. The van der Waals surface area contributed by atoms with Gasteiger partial charge in [-0.2, -0.15) is 0 Å². The van der Waals surface area contributed by atoms with E-state index in [1.165, 1.54) is 0 Å². The molecule has 128 valence electrons. The molecule has 0 unspecified atom stereocenters. The number of nitrogens with one attached hydrogen (secondary N) is 1. The van der Waals surface area contributed by atoms with E-state index in [9.17, 15) is 4.79 Å². The number of carbonyl (C=O) groups is 1. The van der Waals surface area contributed by atoms with Crippen LogP contribution in [0.25, 0.3) is 10.8 Å². The largest absolute Gasteiger partial charge is 0.496 e. The Bertz CT molecular complexity index is 928. The van der Waals surface area contributed by atoms with Crippen molar-refractivity contribution in [1.29, 1.82) is 0 Å². The molecule has 1 N–H and O–H groups in total. The van der Waals surface area contributed by atoms with Gasteiger partial charge in [-0.1, -0.05) is 24.3 Å². The number of aromatic nitrogens is 1. The maximum atomic E-state index is 12.5. The van der Waals surface area contributed by atoms with E-state index in [4.69, 9.17) is 9.47 Å². The average molecular weight is 401 g/mol. The van der Waals surface area contributed by atoms with Gasteiger partial charge in [-0.15, -0.1) is 0 Å². The van der Waals surface area contributed by atoms with Gasteiger partial charge in [0.2, 0.25) is 5.88 Å². The number of carbonyl (C=O) groups excluding carboxylic acids is 1. The Balaban J connectivity index is 1.79. The van der Waals surface area contributed by atoms with E-state index >= 15 is 0 Å². The molecule has 0 saturated carbocycles. The molecule has 0 saturated heterocycles. The van der Waals surface area contributed by atoms with Crippen LogP contribution in [-0.4, -0.2) is 25.1 Å². The second-order valence-electron chi connectivity index (χ2n) is 5.39. The maximum Gasteiger partial charge on any atom is 0.270 e. The van der Waals surface area contributed by atoms with Crippen LogP contribution in [0.1, 0.15) is 16.1 Å². The molecule has 0 spiro atoms. The third kappa shape index (κ3) is 3.74. The monoisotopic (exact) mass is 400 g/mol. The number of rotatable bonds is 5. The summed E-state index contributed by atoms with van der Waals surface area (Å²) in [6, 6.07) is 15.1. The first kappa shape index (κ1) is 17.2. The predicted octanol–water partition coefficient (Wildman–Crippen LogP) is 3.94. The minimum atomic E-state index is -0.254. The van der Waals surface area contributed by atoms with E-state index in [0.717, 1.165) is 26.6 Å². The molecule has 25 heavy (non-hydrogen) atoms. The minimum Gasteiger partial charge on any atom is -0.496 e. The number of methoxy groups -OCH3 is 2. The number of amides is 1. The summed E-state index contributed by atoms with van der Waals surface area (Å²) < 4.78 is 11.4. The number of hydrogen-bond acceptors (Lipinski definition) is 4. The fraction of sp³-hybridized carbons (Fsp3) is 0.158. The normalized spacial score (nSPS) is 10.5. The fourth-order valence-electron chi connectivity index (χ4n) is 2.53. The molecule has 1 heterocycles. The quantitative estimate of drug-likeness (QED) is 0.704. The molecule has 3 aromatic rings. The lowest BCUT2D eigenvalue weighted by Crippen LogP contribution is -2.24. The predicted molar refractivity (Wildman–Crippen MR) is 100 cm³/mol. The van der Waals surface area contributed by atoms with Crippen molar-refractivity contribution in [3.05, 3.63) is 64.3 Å². The topological polar surface area (TPSA) is 60.5 Å². The molecule has 1 amide bonds. The summed E-state index contributed by atoms with van der Waals surface area (Å²) in [7, 11) is 3.16. The summed E-state index contributed by atoms with van der Waals surface area (Å²) in [4.78, 5) is 16.8. The smallest absolute Gasteiger partial charge is 0.270 e. The van der Waals surface area contributed by atoms with Crippen molar-refractivity contribution in [1.82, 2.24) is 10.3 Å². The molecule has 0 aliphatic heterocycles. The van der Waals surface area contributed by atoms with Gasteiger partial charge in [0, 0.05) is 11.9 Å². The Morgan fingerprint density at radius 2 is 1.92 bits per heavy atom. The first-order chi connectivity index (χ1) is 12.1. The van der Waals surface area contributed by atoms with E-state index in [-0.39, 0.29) is 5.91 Å². The number of fused-ring (bicyclic) bond motifs is 1. The van der Waals surface area contributed by atoms with Crippen LogP contribution in [0.4, 0.5) is 0 Å². The summed E-state index contributed by atoms with van der Waals surface area (Å²) in [5.74, 6) is 0.933. The highest BCUT2D eigenvalue weighted by atomic mass is 79.9. The molecule has 0 aliphatic rings. The van der Waals surface area contributed by atoms with Crippen molar-refractivity contribution >= 4 is 32.6 Å². The number of ether oxygens (including phenoxy) is 2. The molecule has 0 radical (unpaired) electrons. The van der Waals surface area contributed by atoms with Crippen molar-refractivity contribution in [2.45, 2.75) is 6.54 Å². The summed E-state index contributed by atoms with van der Waals surface area (Å²) in [6.45, 7) is 0.387. The molecular weight excluding hydrogens is 384 g/mol. The minimum absolute atomic E-state index is 0.254. The molecule has 0 aliphatic carbocycles. The molecule has 3 rings (SSSR count). The standard InChI is InChI=1S/C19H17BrN2O3/c1-24-17-8-7-12(9-15(17)20)11-21-18(23)16-10-13-5-3-4-6-14(13)19(22-16)25-2/h3-10H,11H2,1-2H3,(H,21,23). The summed E-state index contributed by atoms with van der Waals surface area (Å²) in [6.07, 6.45) is 0. The van der Waals surface area contributed by atoms with Crippen LogP contribution in [0.3, 0.4) is 0 Å². The third-order valence-corrected chi connectivity index (χ3v) is 4.42. The van der Waals surface area contributed by atoms with Crippen LogP contribution in [0.2, 0.25) is 0 Å². The molecule has 0 fully saturated rings. The number of pyridine rings is 1. The van der Waals surface area contributed by atoms with Crippen LogP contribution in [0.15, 0.2) is 53.0 Å². The molecule has 5 nitrogen and oxygen atoms in total. The van der Waals surface area contributed by atoms with Crippen LogP contribution < -0.4 is 14.8 Å². The van der Waals surface area contributed by atoms with E-state index in [1.54, 1.807) is 20.3 Å². The molecule has 2 aromatic carbocycles. The zero-order chi connectivity index (χ0) is 17.8. The number of hydrogen-bond donors (Lipinski definition) is 1. The lowest BCUT2D eigenvalue weighted by atomic mass is 10.1. The van der Waals surface area contributed by atoms with Gasteiger partial charge in [0.25, 0.3) is 5.91 Å². The van der Waals surface area contributed by atoms with E-state index in [0.29, 0.717) is 18.1 Å². The first-order valence-electron chi connectivity index (χ1n) is 7.66. The molecule has 0 atom stereocenters. The van der Waals surface area contributed by atoms with Gasteiger partial charge >= 0.3 is 0 Å². The van der Waals surface area contributed by atoms with E-state index < -0.39 is 0 Å². The number of halogens is 1. The van der Waals surface area contributed by atoms with Crippen molar-refractivity contribution in [3.8, 4) is 11.6 Å². The van der Waals surface area contributed by atoms with Crippen LogP contribution in [0, 0.1) is 0 Å². The Labute approximate surface area is 154 Å². The first-order valence-corrected chi connectivity index (χ1v) is 8.46. The average Bonchev–Trinajstić information content (AvgIpc) is 2.65. The second kappa shape index (κ2) is 7.53. The van der Waals surface area contributed by atoms with E-state index in [2.05, 4.69) is 26.2 Å². The van der Waals surface area contributed by atoms with Crippen molar-refractivity contribution in [2.75, 3.05) is 14.2 Å². The summed E-state index contributed by atoms with van der Waals surface area (Å²) in [5, 5.41) is 4.66. The van der Waals surface area contributed by atoms with Gasteiger partial charge in [0.1, 0.15) is 11.4 Å². The van der Waals surface area contributed by atoms with Gasteiger partial charge in [-0.3, -0.25) is 4.79 Å². The molecule has 0 bridgehead atoms. The highest BCUT2D eigenvalue weighted by molar-refractivity contribution is 9.10. The highest BCUT2D eigenvalue weighted by Crippen LogP contribution is 2.26. The van der Waals surface area contributed by atoms with Crippen LogP contribution in [-0.2, 0) is 6.54 Å². The Hall–Kier alpha value is -2.60. The lowest BCUT2D eigenvalue weighted by Gasteiger charge is -2.10. The summed E-state index contributed by atoms with van der Waals surface area (Å²) >= 11 is 3.44. The highest BCUT2D eigenvalue weighted by Gasteiger charge is 2.12. The molecule has 1 aromatic heterocycles. The van der Waals surface area contributed by atoms with Crippen LogP contribution in [0.5, 0.6) is 11.6 Å². The van der Waals surface area contributed by atoms with Gasteiger partial charge in [0.05, 0.1) is 18.7 Å². The Morgan fingerprint density at radius 3 is 2.64 bits per heavy atom. The zero-order valence-electron chi connectivity index (χ0n) is 13.9. The van der Waals surface area contributed by atoms with Gasteiger partial charge in [-0.25, -0.2) is 4.98 Å². The van der Waals surface area contributed by atoms with E-state index in [1.807, 2.05) is 42.5 Å². The Morgan fingerprint density at radius 1 is 1.12 bits per heavy atom. The number of benzene rings is 2. The van der Waals surface area contributed by atoms with Crippen molar-refractivity contribution < 1.29 is 14.3 Å². The third-order valence-electron chi connectivity index (χ3n) is 3.80. The maximum absolute atomic E-state index is 12.5. The SMILES string of the molecule is COc1ccc(CNC(=O)c2cc3ccccc3c(OC)n2)cc1Br. The number of nitrogens with zero attached hydrogens (tertiary/aromatic N) is 1. The van der Waals surface area contributed by atoms with Gasteiger partial charge < -0.3 is 14.8 Å².